The summed E-state index contributed by atoms with van der Waals surface area (Å²) < 4.78 is 12.8. The Labute approximate surface area is 110 Å². The summed E-state index contributed by atoms with van der Waals surface area (Å²) in [6.07, 6.45) is 0. The summed E-state index contributed by atoms with van der Waals surface area (Å²) in [6.45, 7) is 0.367. The summed E-state index contributed by atoms with van der Waals surface area (Å²) >= 11 is 0. The molecule has 98 valence electrons. The Kier molecular flexibility index (Phi) is 4.26. The van der Waals surface area contributed by atoms with Crippen molar-refractivity contribution in [2.75, 3.05) is 0 Å². The Morgan fingerprint density at radius 2 is 1.74 bits per heavy atom. The Hall–Kier alpha value is -2.20. The first-order chi connectivity index (χ1) is 9.16. The summed E-state index contributed by atoms with van der Waals surface area (Å²) in [4.78, 5) is 11.3. The quantitative estimate of drug-likeness (QED) is 0.868. The molecule has 0 aliphatic carbocycles. The fourth-order valence-electron chi connectivity index (χ4n) is 1.82. The first kappa shape index (κ1) is 13.2. The van der Waals surface area contributed by atoms with Gasteiger partial charge in [0.1, 0.15) is 11.9 Å². The van der Waals surface area contributed by atoms with Gasteiger partial charge in [0.2, 0.25) is 0 Å². The van der Waals surface area contributed by atoms with Crippen LogP contribution in [0.15, 0.2) is 54.6 Å². The van der Waals surface area contributed by atoms with E-state index in [0.717, 1.165) is 5.56 Å². The third kappa shape index (κ3) is 3.63. The number of carbonyl (C=O) groups is 1. The van der Waals surface area contributed by atoms with Crippen molar-refractivity contribution in [3.05, 3.63) is 71.5 Å². The van der Waals surface area contributed by atoms with Gasteiger partial charge < -0.3 is 5.11 Å². The van der Waals surface area contributed by atoms with Gasteiger partial charge in [-0.25, -0.2) is 4.39 Å². The Balaban J connectivity index is 2.06. The van der Waals surface area contributed by atoms with Crippen molar-refractivity contribution in [1.82, 2.24) is 5.32 Å². The number of hydrogen-bond acceptors (Lipinski definition) is 2. The number of hydrogen-bond donors (Lipinski definition) is 2. The lowest BCUT2D eigenvalue weighted by atomic mass is 10.1. The zero-order chi connectivity index (χ0) is 13.7. The molecule has 1 unspecified atom stereocenters. The van der Waals surface area contributed by atoms with E-state index in [1.54, 1.807) is 36.4 Å². The Morgan fingerprint density at radius 1 is 1.11 bits per heavy atom. The van der Waals surface area contributed by atoms with Gasteiger partial charge in [-0.15, -0.1) is 0 Å². The van der Waals surface area contributed by atoms with Crippen LogP contribution in [0.25, 0.3) is 0 Å². The van der Waals surface area contributed by atoms with Crippen molar-refractivity contribution in [2.45, 2.75) is 12.6 Å². The van der Waals surface area contributed by atoms with Gasteiger partial charge in [0.25, 0.3) is 0 Å². The molecule has 0 aliphatic rings. The largest absolute Gasteiger partial charge is 0.480 e. The van der Waals surface area contributed by atoms with Gasteiger partial charge in [-0.05, 0) is 23.3 Å². The molecule has 2 N–H and O–H groups in total. The van der Waals surface area contributed by atoms with E-state index in [1.807, 2.05) is 6.07 Å². The number of nitrogens with one attached hydrogen (secondary N) is 1. The molecule has 0 fully saturated rings. The van der Waals surface area contributed by atoms with Crippen LogP contribution in [0, 0.1) is 5.82 Å². The summed E-state index contributed by atoms with van der Waals surface area (Å²) in [5, 5.41) is 12.2. The van der Waals surface area contributed by atoms with Crippen LogP contribution in [0.2, 0.25) is 0 Å². The van der Waals surface area contributed by atoms with Crippen LogP contribution in [-0.4, -0.2) is 11.1 Å². The van der Waals surface area contributed by atoms with Crippen LogP contribution >= 0.6 is 0 Å². The number of rotatable bonds is 5. The second-order valence-electron chi connectivity index (χ2n) is 4.19. The fraction of sp³-hybridized carbons (Fsp3) is 0.133. The third-order valence-electron chi connectivity index (χ3n) is 2.80. The van der Waals surface area contributed by atoms with Gasteiger partial charge in [-0.2, -0.15) is 0 Å². The number of carboxylic acids is 1. The van der Waals surface area contributed by atoms with Gasteiger partial charge >= 0.3 is 5.97 Å². The summed E-state index contributed by atoms with van der Waals surface area (Å²) in [5.41, 5.74) is 1.53. The predicted octanol–water partition coefficient (Wildman–Crippen LogP) is 2.74. The molecule has 0 aromatic heterocycles. The average molecular weight is 259 g/mol. The third-order valence-corrected chi connectivity index (χ3v) is 2.80. The van der Waals surface area contributed by atoms with Gasteiger partial charge in [0, 0.05) is 6.54 Å². The number of benzene rings is 2. The van der Waals surface area contributed by atoms with Gasteiger partial charge in [-0.3, -0.25) is 10.1 Å². The van der Waals surface area contributed by atoms with Crippen molar-refractivity contribution in [2.24, 2.45) is 0 Å². The minimum atomic E-state index is -0.937. The maximum atomic E-state index is 12.8. The van der Waals surface area contributed by atoms with E-state index in [-0.39, 0.29) is 5.82 Å². The van der Waals surface area contributed by atoms with Gasteiger partial charge in [0.05, 0.1) is 0 Å². The zero-order valence-corrected chi connectivity index (χ0v) is 10.2. The number of carboxylic acid groups (broad SMARTS) is 1. The molecule has 2 aromatic carbocycles. The molecular weight excluding hydrogens is 245 g/mol. The van der Waals surface area contributed by atoms with Crippen LogP contribution in [-0.2, 0) is 11.3 Å². The fourth-order valence-corrected chi connectivity index (χ4v) is 1.82. The predicted molar refractivity (Wildman–Crippen MR) is 70.1 cm³/mol. The molecule has 0 saturated heterocycles. The summed E-state index contributed by atoms with van der Waals surface area (Å²) in [6, 6.07) is 14.2. The molecule has 19 heavy (non-hydrogen) atoms. The van der Waals surface area contributed by atoms with E-state index in [9.17, 15) is 14.3 Å². The molecule has 0 spiro atoms. The van der Waals surface area contributed by atoms with Crippen molar-refractivity contribution in [3.63, 3.8) is 0 Å². The van der Waals surface area contributed by atoms with E-state index in [0.29, 0.717) is 12.1 Å². The maximum Gasteiger partial charge on any atom is 0.325 e. The standard InChI is InChI=1S/C15H14FNO2/c16-13-8-6-11(7-9-13)10-17-14(15(18)19)12-4-2-1-3-5-12/h1-9,14,17H,10H2,(H,18,19). The first-order valence-corrected chi connectivity index (χ1v) is 5.92. The highest BCUT2D eigenvalue weighted by Crippen LogP contribution is 2.14. The van der Waals surface area contributed by atoms with Crippen LogP contribution in [0.5, 0.6) is 0 Å². The highest BCUT2D eigenvalue weighted by molar-refractivity contribution is 5.75. The van der Waals surface area contributed by atoms with Crippen molar-refractivity contribution in [3.8, 4) is 0 Å². The van der Waals surface area contributed by atoms with Gasteiger partial charge in [0.15, 0.2) is 0 Å². The smallest absolute Gasteiger partial charge is 0.325 e. The first-order valence-electron chi connectivity index (χ1n) is 5.92. The zero-order valence-electron chi connectivity index (χ0n) is 10.2. The second kappa shape index (κ2) is 6.11. The highest BCUT2D eigenvalue weighted by atomic mass is 19.1. The lowest BCUT2D eigenvalue weighted by Crippen LogP contribution is -2.28. The summed E-state index contributed by atoms with van der Waals surface area (Å²) in [5.74, 6) is -1.24. The topological polar surface area (TPSA) is 49.3 Å². The number of aliphatic carboxylic acids is 1. The van der Waals surface area contributed by atoms with Crippen molar-refractivity contribution >= 4 is 5.97 Å². The van der Waals surface area contributed by atoms with Gasteiger partial charge in [-0.1, -0.05) is 42.5 Å². The van der Waals surface area contributed by atoms with Crippen LogP contribution in [0.1, 0.15) is 17.2 Å². The van der Waals surface area contributed by atoms with Crippen LogP contribution in [0.3, 0.4) is 0 Å². The lowest BCUT2D eigenvalue weighted by molar-refractivity contribution is -0.139. The molecule has 2 rings (SSSR count). The van der Waals surface area contributed by atoms with Crippen LogP contribution < -0.4 is 5.32 Å². The van der Waals surface area contributed by atoms with E-state index in [4.69, 9.17) is 0 Å². The molecule has 3 nitrogen and oxygen atoms in total. The molecule has 0 aliphatic heterocycles. The monoisotopic (exact) mass is 259 g/mol. The summed E-state index contributed by atoms with van der Waals surface area (Å²) in [7, 11) is 0. The molecule has 2 aromatic rings. The maximum absolute atomic E-state index is 12.8. The molecule has 0 saturated carbocycles. The molecule has 0 heterocycles. The minimum absolute atomic E-state index is 0.304. The highest BCUT2D eigenvalue weighted by Gasteiger charge is 2.18. The SMILES string of the molecule is O=C(O)C(NCc1ccc(F)cc1)c1ccccc1. The molecular formula is C15H14FNO2. The Morgan fingerprint density at radius 3 is 2.32 bits per heavy atom. The molecule has 0 amide bonds. The minimum Gasteiger partial charge on any atom is -0.480 e. The van der Waals surface area contributed by atoms with Crippen LogP contribution in [0.4, 0.5) is 4.39 Å². The van der Waals surface area contributed by atoms with Crippen molar-refractivity contribution < 1.29 is 14.3 Å². The number of halogens is 1. The molecule has 1 atom stereocenters. The van der Waals surface area contributed by atoms with Crippen molar-refractivity contribution in [1.29, 1.82) is 0 Å². The van der Waals surface area contributed by atoms with E-state index in [2.05, 4.69) is 5.32 Å². The lowest BCUT2D eigenvalue weighted by Gasteiger charge is -2.14. The normalized spacial score (nSPS) is 12.1. The second-order valence-corrected chi connectivity index (χ2v) is 4.19. The van der Waals surface area contributed by atoms with E-state index in [1.165, 1.54) is 12.1 Å². The van der Waals surface area contributed by atoms with E-state index < -0.39 is 12.0 Å². The average Bonchev–Trinajstić information content (AvgIpc) is 2.42. The van der Waals surface area contributed by atoms with E-state index >= 15 is 0 Å². The Bertz CT molecular complexity index is 540. The molecule has 4 heteroatoms. The molecule has 0 bridgehead atoms. The molecule has 0 radical (unpaired) electrons.